The number of ether oxygens (including phenoxy) is 2. The van der Waals surface area contributed by atoms with E-state index in [2.05, 4.69) is 15.6 Å². The molecule has 3 rings (SSSR count). The van der Waals surface area contributed by atoms with Crippen LogP contribution in [-0.2, 0) is 20.7 Å². The van der Waals surface area contributed by atoms with Gasteiger partial charge in [0.25, 0.3) is 5.91 Å². The number of hydrogen-bond donors (Lipinski definition) is 2. The number of nitrogens with zero attached hydrogens (tertiary/aromatic N) is 1. The molecule has 0 radical (unpaired) electrons. The van der Waals surface area contributed by atoms with Crippen LogP contribution < -0.4 is 10.6 Å². The van der Waals surface area contributed by atoms with Gasteiger partial charge in [0.2, 0.25) is 0 Å². The summed E-state index contributed by atoms with van der Waals surface area (Å²) in [7, 11) is 0. The van der Waals surface area contributed by atoms with Gasteiger partial charge in [0.05, 0.1) is 27.4 Å². The van der Waals surface area contributed by atoms with E-state index in [4.69, 9.17) is 9.47 Å². The Morgan fingerprint density at radius 1 is 1.07 bits per heavy atom. The molecule has 0 spiro atoms. The molecule has 0 bridgehead atoms. The van der Waals surface area contributed by atoms with Gasteiger partial charge in [-0.3, -0.25) is 10.1 Å². The molecule has 0 aliphatic rings. The zero-order chi connectivity index (χ0) is 21.3. The van der Waals surface area contributed by atoms with Crippen molar-refractivity contribution < 1.29 is 23.9 Å². The van der Waals surface area contributed by atoms with Gasteiger partial charge in [-0.05, 0) is 37.3 Å². The molecule has 0 unspecified atom stereocenters. The summed E-state index contributed by atoms with van der Waals surface area (Å²) in [5.74, 6) is -1.06. The molecular formula is C21H21N3O5S. The zero-order valence-electron chi connectivity index (χ0n) is 16.3. The van der Waals surface area contributed by atoms with Gasteiger partial charge in [-0.15, -0.1) is 11.3 Å². The summed E-state index contributed by atoms with van der Waals surface area (Å²) in [6.07, 6.45) is -0.0174. The first-order valence-electron chi connectivity index (χ1n) is 9.37. The van der Waals surface area contributed by atoms with Crippen molar-refractivity contribution in [1.82, 2.24) is 10.3 Å². The third-order valence-electron chi connectivity index (χ3n) is 3.95. The van der Waals surface area contributed by atoms with E-state index in [1.54, 1.807) is 30.4 Å². The second-order valence-electron chi connectivity index (χ2n) is 6.18. The van der Waals surface area contributed by atoms with Crippen LogP contribution in [0.1, 0.15) is 22.3 Å². The highest BCUT2D eigenvalue weighted by Gasteiger charge is 2.12. The number of para-hydroxylation sites is 1. The molecule has 2 aromatic carbocycles. The third kappa shape index (κ3) is 6.02. The Bertz CT molecular complexity index is 1020. The molecule has 0 aliphatic carbocycles. The first-order valence-corrected chi connectivity index (χ1v) is 10.2. The summed E-state index contributed by atoms with van der Waals surface area (Å²) in [5, 5.41) is 6.14. The highest BCUT2D eigenvalue weighted by molar-refractivity contribution is 7.18. The van der Waals surface area contributed by atoms with Crippen molar-refractivity contribution in [1.29, 1.82) is 0 Å². The van der Waals surface area contributed by atoms with Crippen LogP contribution in [0.2, 0.25) is 0 Å². The van der Waals surface area contributed by atoms with Crippen molar-refractivity contribution in [3.8, 4) is 0 Å². The zero-order valence-corrected chi connectivity index (χ0v) is 17.2. The van der Waals surface area contributed by atoms with Crippen molar-refractivity contribution in [3.63, 3.8) is 0 Å². The molecule has 9 heteroatoms. The number of amides is 2. The van der Waals surface area contributed by atoms with Crippen LogP contribution in [0.15, 0.2) is 48.5 Å². The Morgan fingerprint density at radius 2 is 1.90 bits per heavy atom. The minimum atomic E-state index is -0.663. The minimum Gasteiger partial charge on any atom is -0.452 e. The lowest BCUT2D eigenvalue weighted by Crippen LogP contribution is -2.30. The number of carbonyl (C=O) groups excluding carboxylic acids is 3. The van der Waals surface area contributed by atoms with Gasteiger partial charge >= 0.3 is 12.1 Å². The molecule has 0 fully saturated rings. The van der Waals surface area contributed by atoms with Crippen molar-refractivity contribution in [2.75, 3.05) is 25.1 Å². The van der Waals surface area contributed by atoms with E-state index >= 15 is 0 Å². The van der Waals surface area contributed by atoms with E-state index in [0.29, 0.717) is 18.7 Å². The topological polar surface area (TPSA) is 107 Å². The van der Waals surface area contributed by atoms with Crippen LogP contribution in [0.3, 0.4) is 0 Å². The fraction of sp³-hybridized carbons (Fsp3) is 0.238. The number of rotatable bonds is 8. The first kappa shape index (κ1) is 21.3. The van der Waals surface area contributed by atoms with Gasteiger partial charge in [0.1, 0.15) is 0 Å². The molecule has 8 nitrogen and oxygen atoms in total. The standard InChI is InChI=1S/C21H21N3O5S/c1-2-28-21(27)23-15-7-5-6-14(12-15)20(26)29-13-18(25)22-11-10-19-24-16-8-3-4-9-17(16)30-19/h3-9,12H,2,10-11,13H2,1H3,(H,22,25)(H,23,27). The summed E-state index contributed by atoms with van der Waals surface area (Å²) in [5.41, 5.74) is 1.55. The van der Waals surface area contributed by atoms with Gasteiger partial charge < -0.3 is 14.8 Å². The summed E-state index contributed by atoms with van der Waals surface area (Å²) >= 11 is 1.59. The van der Waals surface area contributed by atoms with Crippen LogP contribution >= 0.6 is 11.3 Å². The summed E-state index contributed by atoms with van der Waals surface area (Å²) in [4.78, 5) is 40.1. The van der Waals surface area contributed by atoms with Gasteiger partial charge in [-0.2, -0.15) is 0 Å². The highest BCUT2D eigenvalue weighted by Crippen LogP contribution is 2.21. The lowest BCUT2D eigenvalue weighted by molar-refractivity contribution is -0.124. The molecule has 2 N–H and O–H groups in total. The van der Waals surface area contributed by atoms with E-state index in [1.165, 1.54) is 12.1 Å². The number of hydrogen-bond acceptors (Lipinski definition) is 7. The van der Waals surface area contributed by atoms with Gasteiger partial charge in [-0.1, -0.05) is 18.2 Å². The van der Waals surface area contributed by atoms with Gasteiger partial charge in [-0.25, -0.2) is 14.6 Å². The van der Waals surface area contributed by atoms with Crippen LogP contribution in [0.5, 0.6) is 0 Å². The Hall–Kier alpha value is -3.46. The normalized spacial score (nSPS) is 10.4. The number of anilines is 1. The van der Waals surface area contributed by atoms with E-state index < -0.39 is 24.6 Å². The van der Waals surface area contributed by atoms with Crippen molar-refractivity contribution in [2.24, 2.45) is 0 Å². The van der Waals surface area contributed by atoms with Crippen LogP contribution in [0.4, 0.5) is 10.5 Å². The van der Waals surface area contributed by atoms with Gasteiger partial charge in [0, 0.05) is 18.7 Å². The SMILES string of the molecule is CCOC(=O)Nc1cccc(C(=O)OCC(=O)NCCc2nc3ccccc3s2)c1. The molecule has 3 aromatic rings. The third-order valence-corrected chi connectivity index (χ3v) is 5.05. The fourth-order valence-corrected chi connectivity index (χ4v) is 3.58. The molecule has 0 atom stereocenters. The average Bonchev–Trinajstić information content (AvgIpc) is 3.15. The number of esters is 1. The maximum absolute atomic E-state index is 12.2. The number of carbonyl (C=O) groups is 3. The molecular weight excluding hydrogens is 406 g/mol. The highest BCUT2D eigenvalue weighted by atomic mass is 32.1. The Kier molecular flexibility index (Phi) is 7.34. The Labute approximate surface area is 177 Å². The monoisotopic (exact) mass is 427 g/mol. The maximum Gasteiger partial charge on any atom is 0.411 e. The Morgan fingerprint density at radius 3 is 2.70 bits per heavy atom. The maximum atomic E-state index is 12.2. The number of aromatic nitrogens is 1. The number of thiazole rings is 1. The van der Waals surface area contributed by atoms with E-state index in [9.17, 15) is 14.4 Å². The molecule has 1 heterocycles. The molecule has 156 valence electrons. The van der Waals surface area contributed by atoms with Crippen molar-refractivity contribution in [2.45, 2.75) is 13.3 Å². The van der Waals surface area contributed by atoms with Crippen molar-refractivity contribution >= 4 is 45.2 Å². The van der Waals surface area contributed by atoms with Crippen LogP contribution in [0, 0.1) is 0 Å². The smallest absolute Gasteiger partial charge is 0.411 e. The predicted molar refractivity (Wildman–Crippen MR) is 114 cm³/mol. The molecule has 0 aliphatic heterocycles. The number of fused-ring (bicyclic) bond motifs is 1. The first-order chi connectivity index (χ1) is 14.5. The van der Waals surface area contributed by atoms with Gasteiger partial charge in [0.15, 0.2) is 6.61 Å². The largest absolute Gasteiger partial charge is 0.452 e. The van der Waals surface area contributed by atoms with E-state index in [-0.39, 0.29) is 12.2 Å². The van der Waals surface area contributed by atoms with E-state index in [1.807, 2.05) is 24.3 Å². The summed E-state index contributed by atoms with van der Waals surface area (Å²) in [6.45, 7) is 1.93. The molecule has 1 aromatic heterocycles. The van der Waals surface area contributed by atoms with E-state index in [0.717, 1.165) is 15.2 Å². The fourth-order valence-electron chi connectivity index (χ4n) is 2.61. The predicted octanol–water partition coefficient (Wildman–Crippen LogP) is 3.38. The number of nitrogens with one attached hydrogen (secondary N) is 2. The Balaban J connectivity index is 1.42. The molecule has 0 saturated carbocycles. The van der Waals surface area contributed by atoms with Crippen LogP contribution in [-0.4, -0.2) is 42.7 Å². The lowest BCUT2D eigenvalue weighted by atomic mass is 10.2. The molecule has 0 saturated heterocycles. The second-order valence-corrected chi connectivity index (χ2v) is 7.29. The molecule has 2 amide bonds. The van der Waals surface area contributed by atoms with Crippen molar-refractivity contribution in [3.05, 3.63) is 59.1 Å². The summed E-state index contributed by atoms with van der Waals surface area (Å²) in [6, 6.07) is 14.0. The minimum absolute atomic E-state index is 0.214. The average molecular weight is 427 g/mol. The lowest BCUT2D eigenvalue weighted by Gasteiger charge is -2.08. The number of benzene rings is 2. The summed E-state index contributed by atoms with van der Waals surface area (Å²) < 4.78 is 10.9. The second kappa shape index (κ2) is 10.4. The van der Waals surface area contributed by atoms with Crippen LogP contribution in [0.25, 0.3) is 10.2 Å². The molecule has 30 heavy (non-hydrogen) atoms. The quantitative estimate of drug-likeness (QED) is 0.534.